The molecule has 0 bridgehead atoms. The molecule has 0 saturated carbocycles. The maximum atomic E-state index is 13.9. The molecule has 0 saturated heterocycles. The lowest BCUT2D eigenvalue weighted by molar-refractivity contribution is 0.306. The van der Waals surface area contributed by atoms with Crippen LogP contribution in [0.5, 0.6) is 5.75 Å². The van der Waals surface area contributed by atoms with Crippen molar-refractivity contribution in [2.24, 2.45) is 4.99 Å². The first kappa shape index (κ1) is 20.8. The van der Waals surface area contributed by atoms with Gasteiger partial charge in [0.15, 0.2) is 23.3 Å². The summed E-state index contributed by atoms with van der Waals surface area (Å²) < 4.78 is 73.6. The third-order valence-electron chi connectivity index (χ3n) is 4.92. The van der Waals surface area contributed by atoms with E-state index in [1.54, 1.807) is 12.1 Å². The molecule has 31 heavy (non-hydrogen) atoms. The average molecular weight is 429 g/mol. The van der Waals surface area contributed by atoms with Gasteiger partial charge >= 0.3 is 0 Å². The summed E-state index contributed by atoms with van der Waals surface area (Å²) in [6, 6.07) is 15.0. The van der Waals surface area contributed by atoms with Crippen molar-refractivity contribution in [2.45, 2.75) is 13.0 Å². The highest BCUT2D eigenvalue weighted by Gasteiger charge is 2.24. The van der Waals surface area contributed by atoms with Crippen LogP contribution in [0.4, 0.5) is 22.0 Å². The Hall–Kier alpha value is -3.48. The van der Waals surface area contributed by atoms with Gasteiger partial charge in [-0.25, -0.2) is 22.0 Å². The number of hydrogen-bond donors (Lipinski definition) is 0. The standard InChI is InChI=1S/C24H16F5NO/c25-20-18(21(26)23(28)24(29)22(20)27)8-9-19-17-7-6-16(12-15(17)10-11-30-19)31-13-14-4-2-1-3-5-14/h1-9,12H,10-11,13H2/b9-8+. The Morgan fingerprint density at radius 3 is 2.19 bits per heavy atom. The number of fused-ring (bicyclic) bond motifs is 1. The molecule has 0 aromatic heterocycles. The second-order valence-corrected chi connectivity index (χ2v) is 6.93. The quantitative estimate of drug-likeness (QED) is 0.276. The molecule has 0 spiro atoms. The first-order valence-electron chi connectivity index (χ1n) is 9.49. The van der Waals surface area contributed by atoms with Crippen LogP contribution in [0.15, 0.2) is 59.6 Å². The lowest BCUT2D eigenvalue weighted by Gasteiger charge is -2.16. The van der Waals surface area contributed by atoms with Crippen molar-refractivity contribution in [1.82, 2.24) is 0 Å². The van der Waals surface area contributed by atoms with Crippen molar-refractivity contribution in [2.75, 3.05) is 6.54 Å². The largest absolute Gasteiger partial charge is 0.489 e. The predicted octanol–water partition coefficient (Wildman–Crippen LogP) is 6.02. The fourth-order valence-electron chi connectivity index (χ4n) is 3.31. The van der Waals surface area contributed by atoms with Crippen LogP contribution in [0, 0.1) is 29.1 Å². The van der Waals surface area contributed by atoms with Crippen LogP contribution in [-0.4, -0.2) is 12.3 Å². The van der Waals surface area contributed by atoms with Crippen molar-refractivity contribution in [3.8, 4) is 5.75 Å². The number of benzene rings is 3. The summed E-state index contributed by atoms with van der Waals surface area (Å²) in [7, 11) is 0. The highest BCUT2D eigenvalue weighted by atomic mass is 19.2. The van der Waals surface area contributed by atoms with Gasteiger partial charge in [0.2, 0.25) is 5.82 Å². The molecule has 1 aliphatic rings. The topological polar surface area (TPSA) is 21.6 Å². The molecule has 7 heteroatoms. The first-order valence-corrected chi connectivity index (χ1v) is 9.49. The fourth-order valence-corrected chi connectivity index (χ4v) is 3.31. The van der Waals surface area contributed by atoms with Crippen LogP contribution in [0.1, 0.15) is 22.3 Å². The fraction of sp³-hybridized carbons (Fsp3) is 0.125. The average Bonchev–Trinajstić information content (AvgIpc) is 2.80. The number of aliphatic imine (C=N–C) groups is 1. The van der Waals surface area contributed by atoms with E-state index in [1.165, 1.54) is 6.08 Å². The van der Waals surface area contributed by atoms with Crippen LogP contribution in [0.25, 0.3) is 6.08 Å². The van der Waals surface area contributed by atoms with Crippen molar-refractivity contribution >= 4 is 11.8 Å². The Kier molecular flexibility index (Phi) is 5.84. The summed E-state index contributed by atoms with van der Waals surface area (Å²) in [5.74, 6) is -9.25. The number of ether oxygens (including phenoxy) is 1. The van der Waals surface area contributed by atoms with Gasteiger partial charge < -0.3 is 4.74 Å². The second-order valence-electron chi connectivity index (χ2n) is 6.93. The number of halogens is 5. The van der Waals surface area contributed by atoms with Crippen molar-refractivity contribution in [3.05, 3.63) is 106 Å². The van der Waals surface area contributed by atoms with Gasteiger partial charge in [-0.1, -0.05) is 30.3 Å². The highest BCUT2D eigenvalue weighted by Crippen LogP contribution is 2.26. The van der Waals surface area contributed by atoms with Gasteiger partial charge in [-0.2, -0.15) is 0 Å². The van der Waals surface area contributed by atoms with Crippen LogP contribution < -0.4 is 4.74 Å². The molecular weight excluding hydrogens is 413 g/mol. The molecule has 0 radical (unpaired) electrons. The predicted molar refractivity (Wildman–Crippen MR) is 108 cm³/mol. The Bertz CT molecular complexity index is 1160. The Labute approximate surface area is 175 Å². The Balaban J connectivity index is 1.57. The van der Waals surface area contributed by atoms with E-state index in [1.807, 2.05) is 36.4 Å². The van der Waals surface area contributed by atoms with Crippen LogP contribution in [-0.2, 0) is 13.0 Å². The summed E-state index contributed by atoms with van der Waals surface area (Å²) >= 11 is 0. The van der Waals surface area contributed by atoms with E-state index < -0.39 is 34.6 Å². The molecule has 158 valence electrons. The smallest absolute Gasteiger partial charge is 0.200 e. The van der Waals surface area contributed by atoms with E-state index in [-0.39, 0.29) is 0 Å². The molecule has 4 rings (SSSR count). The van der Waals surface area contributed by atoms with Crippen molar-refractivity contribution < 1.29 is 26.7 Å². The van der Waals surface area contributed by atoms with Crippen molar-refractivity contribution in [1.29, 1.82) is 0 Å². The van der Waals surface area contributed by atoms with Gasteiger partial charge in [-0.3, -0.25) is 4.99 Å². The molecule has 3 aromatic carbocycles. The second kappa shape index (κ2) is 8.71. The van der Waals surface area contributed by atoms with Gasteiger partial charge in [0, 0.05) is 12.1 Å². The minimum absolute atomic E-state index is 0.389. The summed E-state index contributed by atoms with van der Waals surface area (Å²) in [5, 5.41) is 0. The van der Waals surface area contributed by atoms with Crippen LogP contribution in [0.3, 0.4) is 0 Å². The molecule has 2 nitrogen and oxygen atoms in total. The molecule has 3 aromatic rings. The summed E-state index contributed by atoms with van der Waals surface area (Å²) in [6.45, 7) is 0.826. The molecule has 0 unspecified atom stereocenters. The Morgan fingerprint density at radius 2 is 1.48 bits per heavy atom. The van der Waals surface area contributed by atoms with E-state index in [0.717, 1.165) is 17.2 Å². The van der Waals surface area contributed by atoms with Gasteiger partial charge in [0.25, 0.3) is 0 Å². The van der Waals surface area contributed by atoms with Crippen molar-refractivity contribution in [3.63, 3.8) is 0 Å². The van der Waals surface area contributed by atoms with Gasteiger partial charge in [0.05, 0.1) is 11.3 Å². The van der Waals surface area contributed by atoms with Gasteiger partial charge in [0.1, 0.15) is 12.4 Å². The SMILES string of the molecule is Fc1c(F)c(F)c(/C=C/C2=NCCc3cc(OCc4ccccc4)ccc32)c(F)c1F. The number of hydrogen-bond acceptors (Lipinski definition) is 2. The molecule has 1 aliphatic heterocycles. The zero-order valence-corrected chi connectivity index (χ0v) is 16.1. The third kappa shape index (κ3) is 4.21. The molecule has 0 amide bonds. The zero-order chi connectivity index (χ0) is 22.0. The Morgan fingerprint density at radius 1 is 0.806 bits per heavy atom. The normalized spacial score (nSPS) is 13.3. The molecule has 1 heterocycles. The molecule has 0 aliphatic carbocycles. The van der Waals surface area contributed by atoms with Crippen LogP contribution in [0.2, 0.25) is 0 Å². The molecule has 0 fully saturated rings. The number of rotatable bonds is 5. The molecule has 0 atom stereocenters. The minimum Gasteiger partial charge on any atom is -0.489 e. The maximum absolute atomic E-state index is 13.9. The van der Waals surface area contributed by atoms with E-state index in [2.05, 4.69) is 4.99 Å². The van der Waals surface area contributed by atoms with Gasteiger partial charge in [-0.05, 0) is 47.9 Å². The third-order valence-corrected chi connectivity index (χ3v) is 4.92. The highest BCUT2D eigenvalue weighted by molar-refractivity contribution is 6.12. The lowest BCUT2D eigenvalue weighted by Crippen LogP contribution is -2.11. The maximum Gasteiger partial charge on any atom is 0.200 e. The van der Waals surface area contributed by atoms with Gasteiger partial charge in [-0.15, -0.1) is 0 Å². The van der Waals surface area contributed by atoms with Crippen LogP contribution >= 0.6 is 0 Å². The van der Waals surface area contributed by atoms with E-state index >= 15 is 0 Å². The number of nitrogens with zero attached hydrogens (tertiary/aromatic N) is 1. The summed E-state index contributed by atoms with van der Waals surface area (Å²) in [4.78, 5) is 4.31. The first-order chi connectivity index (χ1) is 15.0. The van der Waals surface area contributed by atoms with E-state index in [4.69, 9.17) is 4.74 Å². The summed E-state index contributed by atoms with van der Waals surface area (Å²) in [6.07, 6.45) is 2.74. The zero-order valence-electron chi connectivity index (χ0n) is 16.1. The monoisotopic (exact) mass is 429 g/mol. The molecule has 0 N–H and O–H groups in total. The van der Waals surface area contributed by atoms with E-state index in [0.29, 0.717) is 36.6 Å². The summed E-state index contributed by atoms with van der Waals surface area (Å²) in [5.41, 5.74) is 2.03. The molecular formula is C24H16F5NO. The lowest BCUT2D eigenvalue weighted by atomic mass is 9.96. The van der Waals surface area contributed by atoms with E-state index in [9.17, 15) is 22.0 Å². The number of allylic oxidation sites excluding steroid dienone is 1. The minimum atomic E-state index is -2.18.